The van der Waals surface area contributed by atoms with Crippen LogP contribution in [0.3, 0.4) is 0 Å². The summed E-state index contributed by atoms with van der Waals surface area (Å²) < 4.78 is 59.9. The molecule has 0 aromatic heterocycles. The van der Waals surface area contributed by atoms with E-state index < -0.39 is 21.0 Å². The highest BCUT2D eigenvalue weighted by molar-refractivity contribution is 7.87. The van der Waals surface area contributed by atoms with E-state index >= 15 is 0 Å². The molecule has 0 saturated carbocycles. The van der Waals surface area contributed by atoms with Crippen molar-refractivity contribution < 1.29 is 25.8 Å². The fourth-order valence-corrected chi connectivity index (χ4v) is 0.768. The van der Waals surface area contributed by atoms with Crippen molar-refractivity contribution in [3.63, 3.8) is 0 Å². The fourth-order valence-electron chi connectivity index (χ4n) is 0.458. The van der Waals surface area contributed by atoms with Crippen molar-refractivity contribution >= 4 is 10.1 Å². The Morgan fingerprint density at radius 1 is 1.27 bits per heavy atom. The lowest BCUT2D eigenvalue weighted by atomic mass is 9.91. The topological polar surface area (TPSA) is 43.4 Å². The van der Waals surface area contributed by atoms with Crippen LogP contribution >= 0.6 is 0 Å². The Morgan fingerprint density at radius 3 is 2.07 bits per heavy atom. The lowest BCUT2D eigenvalue weighted by Gasteiger charge is -2.16. The smallest absolute Gasteiger partial charge is 0.384 e. The fraction of sp³-hybridized carbons (Fsp3) is 0.750. The zero-order chi connectivity index (χ0) is 12.3. The molecule has 90 valence electrons. The van der Waals surface area contributed by atoms with Gasteiger partial charge in [-0.2, -0.15) is 21.6 Å². The van der Waals surface area contributed by atoms with Gasteiger partial charge in [0.05, 0.1) is 0 Å². The summed E-state index contributed by atoms with van der Waals surface area (Å²) in [4.78, 5) is 0. The molecule has 0 rings (SSSR count). The molecule has 0 fully saturated rings. The molecule has 0 bridgehead atoms. The summed E-state index contributed by atoms with van der Waals surface area (Å²) in [5.41, 5.74) is -5.78. The van der Waals surface area contributed by atoms with Crippen LogP contribution in [0.2, 0.25) is 0 Å². The van der Waals surface area contributed by atoms with E-state index in [0.717, 1.165) is 0 Å². The van der Waals surface area contributed by atoms with Crippen molar-refractivity contribution in [3.8, 4) is 0 Å². The van der Waals surface area contributed by atoms with Gasteiger partial charge in [0.2, 0.25) is 0 Å². The number of halogens is 3. The molecule has 7 heteroatoms. The SMILES string of the molecule is CCC(C)(C)/C=C/OS(=O)(=O)C(F)(F)F. The number of allylic oxidation sites excluding steroid dienone is 1. The minimum atomic E-state index is -5.52. The van der Waals surface area contributed by atoms with Crippen LogP contribution in [-0.4, -0.2) is 13.9 Å². The van der Waals surface area contributed by atoms with Gasteiger partial charge >= 0.3 is 15.6 Å². The van der Waals surface area contributed by atoms with Gasteiger partial charge in [0.1, 0.15) is 6.26 Å². The van der Waals surface area contributed by atoms with Crippen molar-refractivity contribution in [2.45, 2.75) is 32.7 Å². The Hall–Kier alpha value is -0.720. The molecule has 0 aromatic rings. The van der Waals surface area contributed by atoms with E-state index in [0.29, 0.717) is 12.7 Å². The van der Waals surface area contributed by atoms with Gasteiger partial charge in [0, 0.05) is 0 Å². The average molecular weight is 246 g/mol. The molecule has 0 heterocycles. The summed E-state index contributed by atoms with van der Waals surface area (Å²) >= 11 is 0. The number of hydrogen-bond donors (Lipinski definition) is 0. The van der Waals surface area contributed by atoms with Crippen LogP contribution in [0.5, 0.6) is 0 Å². The van der Waals surface area contributed by atoms with E-state index in [4.69, 9.17) is 0 Å². The van der Waals surface area contributed by atoms with E-state index in [9.17, 15) is 21.6 Å². The van der Waals surface area contributed by atoms with Crippen LogP contribution in [-0.2, 0) is 14.3 Å². The molecule has 0 amide bonds. The largest absolute Gasteiger partial charge is 0.534 e. The minimum absolute atomic E-state index is 0.402. The molecule has 0 radical (unpaired) electrons. The van der Waals surface area contributed by atoms with Crippen LogP contribution in [0.25, 0.3) is 0 Å². The minimum Gasteiger partial charge on any atom is -0.384 e. The van der Waals surface area contributed by atoms with Gasteiger partial charge in [0.15, 0.2) is 0 Å². The Morgan fingerprint density at radius 2 is 1.73 bits per heavy atom. The van der Waals surface area contributed by atoms with Crippen molar-refractivity contribution in [2.24, 2.45) is 5.41 Å². The maximum absolute atomic E-state index is 11.8. The molecule has 0 aromatic carbocycles. The third-order valence-corrected chi connectivity index (χ3v) is 2.83. The van der Waals surface area contributed by atoms with Gasteiger partial charge in [-0.15, -0.1) is 0 Å². The van der Waals surface area contributed by atoms with Crippen LogP contribution in [0, 0.1) is 5.41 Å². The van der Waals surface area contributed by atoms with Crippen molar-refractivity contribution in [1.29, 1.82) is 0 Å². The summed E-state index contributed by atoms with van der Waals surface area (Å²) in [6, 6.07) is 0. The predicted molar refractivity (Wildman–Crippen MR) is 49.3 cm³/mol. The first kappa shape index (κ1) is 14.3. The first-order valence-electron chi connectivity index (χ1n) is 4.19. The second kappa shape index (κ2) is 4.42. The van der Waals surface area contributed by atoms with Crippen LogP contribution in [0.15, 0.2) is 12.3 Å². The molecular weight excluding hydrogens is 233 g/mol. The third-order valence-electron chi connectivity index (χ3n) is 1.90. The zero-order valence-electron chi connectivity index (χ0n) is 8.63. The average Bonchev–Trinajstić information content (AvgIpc) is 2.01. The summed E-state index contributed by atoms with van der Waals surface area (Å²) in [5, 5.41) is 0. The van der Waals surface area contributed by atoms with Crippen molar-refractivity contribution in [1.82, 2.24) is 0 Å². The number of alkyl halides is 3. The molecule has 0 aliphatic heterocycles. The Labute approximate surface area is 87.0 Å². The monoisotopic (exact) mass is 246 g/mol. The van der Waals surface area contributed by atoms with Gasteiger partial charge < -0.3 is 4.18 Å². The highest BCUT2D eigenvalue weighted by Gasteiger charge is 2.47. The molecule has 0 unspecified atom stereocenters. The highest BCUT2D eigenvalue weighted by atomic mass is 32.2. The Balaban J connectivity index is 4.55. The quantitative estimate of drug-likeness (QED) is 0.435. The molecule has 0 atom stereocenters. The van der Waals surface area contributed by atoms with Crippen LogP contribution < -0.4 is 0 Å². The Kier molecular flexibility index (Phi) is 4.21. The summed E-state index contributed by atoms with van der Waals surface area (Å²) in [6.45, 7) is 5.31. The van der Waals surface area contributed by atoms with Crippen molar-refractivity contribution in [2.75, 3.05) is 0 Å². The molecular formula is C8H13F3O3S. The van der Waals surface area contributed by atoms with Gasteiger partial charge in [0.25, 0.3) is 0 Å². The second-order valence-electron chi connectivity index (χ2n) is 3.64. The van der Waals surface area contributed by atoms with Gasteiger partial charge in [-0.3, -0.25) is 0 Å². The van der Waals surface area contributed by atoms with Gasteiger partial charge in [-0.25, -0.2) is 0 Å². The van der Waals surface area contributed by atoms with Crippen molar-refractivity contribution in [3.05, 3.63) is 12.3 Å². The van der Waals surface area contributed by atoms with E-state index in [2.05, 4.69) is 4.18 Å². The maximum atomic E-state index is 11.8. The van der Waals surface area contributed by atoms with Gasteiger partial charge in [-0.1, -0.05) is 20.8 Å². The molecule has 0 saturated heterocycles. The predicted octanol–water partition coefficient (Wildman–Crippen LogP) is 2.80. The van der Waals surface area contributed by atoms with Crippen LogP contribution in [0.4, 0.5) is 13.2 Å². The summed E-state index contributed by atoms with van der Waals surface area (Å²) in [7, 11) is -5.52. The first-order valence-corrected chi connectivity index (χ1v) is 5.60. The van der Waals surface area contributed by atoms with E-state index in [1.807, 2.05) is 6.92 Å². The normalized spacial score (nSPS) is 14.5. The first-order chi connectivity index (χ1) is 6.52. The van der Waals surface area contributed by atoms with Crippen LogP contribution in [0.1, 0.15) is 27.2 Å². The second-order valence-corrected chi connectivity index (χ2v) is 5.20. The van der Waals surface area contributed by atoms with E-state index in [-0.39, 0.29) is 0 Å². The van der Waals surface area contributed by atoms with E-state index in [1.165, 1.54) is 6.08 Å². The lowest BCUT2D eigenvalue weighted by Crippen LogP contribution is -2.24. The maximum Gasteiger partial charge on any atom is 0.534 e. The molecule has 3 nitrogen and oxygen atoms in total. The molecule has 0 aliphatic rings. The zero-order valence-corrected chi connectivity index (χ0v) is 9.45. The Bertz CT molecular complexity index is 328. The summed E-state index contributed by atoms with van der Waals surface area (Å²) in [5.74, 6) is 0. The molecule has 15 heavy (non-hydrogen) atoms. The standard InChI is InChI=1S/C8H13F3O3S/c1-4-7(2,3)5-6-14-15(12,13)8(9,10)11/h5-6H,4H2,1-3H3/b6-5+. The third kappa shape index (κ3) is 4.55. The number of rotatable bonds is 4. The lowest BCUT2D eigenvalue weighted by molar-refractivity contribution is -0.0515. The molecule has 0 N–H and O–H groups in total. The highest BCUT2D eigenvalue weighted by Crippen LogP contribution is 2.26. The molecule has 0 aliphatic carbocycles. The number of hydrogen-bond acceptors (Lipinski definition) is 3. The molecule has 0 spiro atoms. The van der Waals surface area contributed by atoms with E-state index in [1.54, 1.807) is 13.8 Å². The summed E-state index contributed by atoms with van der Waals surface area (Å²) in [6.07, 6.45) is 2.49. The van der Waals surface area contributed by atoms with Gasteiger partial charge in [-0.05, 0) is 17.9 Å².